The normalized spacial score (nSPS) is 10.9. The number of carbonyl (C=O) groups is 2. The number of hydrogen-bond donors (Lipinski definition) is 2. The molecule has 0 bridgehead atoms. The molecule has 0 atom stereocenters. The lowest BCUT2D eigenvalue weighted by Gasteiger charge is -2.05. The van der Waals surface area contributed by atoms with Gasteiger partial charge in [0.05, 0.1) is 5.56 Å². The Labute approximate surface area is 105 Å². The molecule has 0 fully saturated rings. The van der Waals surface area contributed by atoms with E-state index in [0.717, 1.165) is 6.26 Å². The second kappa shape index (κ2) is 5.63. The Bertz CT molecular complexity index is 565. The molecule has 0 aromatic heterocycles. The van der Waals surface area contributed by atoms with E-state index in [1.165, 1.54) is 12.1 Å². The van der Waals surface area contributed by atoms with Gasteiger partial charge in [0.25, 0.3) is 0 Å². The van der Waals surface area contributed by atoms with Crippen LogP contribution in [-0.2, 0) is 21.2 Å². The zero-order chi connectivity index (χ0) is 13.8. The van der Waals surface area contributed by atoms with Gasteiger partial charge < -0.3 is 10.4 Å². The van der Waals surface area contributed by atoms with E-state index in [9.17, 15) is 18.0 Å². The van der Waals surface area contributed by atoms with Crippen molar-refractivity contribution >= 4 is 21.7 Å². The SMILES string of the molecule is CS(=O)(=O)CC(=O)NCc1cccc(C(=O)O)c1. The Morgan fingerprint density at radius 2 is 2.00 bits per heavy atom. The highest BCUT2D eigenvalue weighted by Crippen LogP contribution is 2.05. The second-order valence-electron chi connectivity index (χ2n) is 3.85. The number of rotatable bonds is 5. The molecule has 0 aliphatic rings. The second-order valence-corrected chi connectivity index (χ2v) is 5.99. The fraction of sp³-hybridized carbons (Fsp3) is 0.273. The first-order valence-corrected chi connectivity index (χ1v) is 7.10. The summed E-state index contributed by atoms with van der Waals surface area (Å²) in [6.07, 6.45) is 0.970. The summed E-state index contributed by atoms with van der Waals surface area (Å²) in [5.74, 6) is -2.25. The summed E-state index contributed by atoms with van der Waals surface area (Å²) in [5, 5.41) is 11.2. The lowest BCUT2D eigenvalue weighted by molar-refractivity contribution is -0.118. The lowest BCUT2D eigenvalue weighted by atomic mass is 10.1. The van der Waals surface area contributed by atoms with Gasteiger partial charge in [0.1, 0.15) is 5.75 Å². The largest absolute Gasteiger partial charge is 0.478 e. The van der Waals surface area contributed by atoms with Crippen LogP contribution < -0.4 is 5.32 Å². The van der Waals surface area contributed by atoms with Crippen LogP contribution in [0.1, 0.15) is 15.9 Å². The molecule has 0 heterocycles. The smallest absolute Gasteiger partial charge is 0.335 e. The summed E-state index contributed by atoms with van der Waals surface area (Å²) in [6.45, 7) is 0.0927. The van der Waals surface area contributed by atoms with Crippen LogP contribution in [0.15, 0.2) is 24.3 Å². The van der Waals surface area contributed by atoms with Gasteiger partial charge in [-0.15, -0.1) is 0 Å². The highest BCUT2D eigenvalue weighted by Gasteiger charge is 2.10. The van der Waals surface area contributed by atoms with Gasteiger partial charge in [0.15, 0.2) is 9.84 Å². The van der Waals surface area contributed by atoms with Crippen LogP contribution in [0.5, 0.6) is 0 Å². The molecule has 6 nitrogen and oxygen atoms in total. The molecular weight excluding hydrogens is 258 g/mol. The van der Waals surface area contributed by atoms with E-state index in [-0.39, 0.29) is 12.1 Å². The van der Waals surface area contributed by atoms with Crippen LogP contribution >= 0.6 is 0 Å². The molecule has 0 saturated carbocycles. The van der Waals surface area contributed by atoms with Crippen LogP contribution in [0, 0.1) is 0 Å². The number of aromatic carboxylic acids is 1. The first-order chi connectivity index (χ1) is 8.28. The van der Waals surface area contributed by atoms with E-state index in [0.29, 0.717) is 5.56 Å². The molecular formula is C11H13NO5S. The van der Waals surface area contributed by atoms with E-state index in [1.807, 2.05) is 0 Å². The van der Waals surface area contributed by atoms with Crippen molar-refractivity contribution in [1.82, 2.24) is 5.32 Å². The highest BCUT2D eigenvalue weighted by atomic mass is 32.2. The number of sulfone groups is 1. The minimum absolute atomic E-state index is 0.0927. The quantitative estimate of drug-likeness (QED) is 0.787. The molecule has 0 unspecified atom stereocenters. The Balaban J connectivity index is 2.61. The van der Waals surface area contributed by atoms with Crippen molar-refractivity contribution in [2.24, 2.45) is 0 Å². The maximum absolute atomic E-state index is 11.2. The molecule has 0 spiro atoms. The fourth-order valence-electron chi connectivity index (χ4n) is 1.30. The maximum atomic E-state index is 11.2. The van der Waals surface area contributed by atoms with Gasteiger partial charge >= 0.3 is 5.97 Å². The Morgan fingerprint density at radius 1 is 1.33 bits per heavy atom. The molecule has 0 saturated heterocycles. The predicted molar refractivity (Wildman–Crippen MR) is 65.0 cm³/mol. The summed E-state index contributed by atoms with van der Waals surface area (Å²) < 4.78 is 21.7. The highest BCUT2D eigenvalue weighted by molar-refractivity contribution is 7.91. The van der Waals surface area contributed by atoms with E-state index < -0.39 is 27.5 Å². The number of benzene rings is 1. The van der Waals surface area contributed by atoms with Crippen LogP contribution in [0.2, 0.25) is 0 Å². The van der Waals surface area contributed by atoms with Gasteiger partial charge in [-0.2, -0.15) is 0 Å². The average Bonchev–Trinajstić information content (AvgIpc) is 2.24. The number of amides is 1. The van der Waals surface area contributed by atoms with Crippen LogP contribution in [0.25, 0.3) is 0 Å². The molecule has 98 valence electrons. The van der Waals surface area contributed by atoms with Crippen LogP contribution in [-0.4, -0.2) is 37.4 Å². The number of carbonyl (C=O) groups excluding carboxylic acids is 1. The average molecular weight is 271 g/mol. The molecule has 1 amide bonds. The Kier molecular flexibility index (Phi) is 4.43. The third-order valence-electron chi connectivity index (χ3n) is 2.06. The molecule has 1 aromatic carbocycles. The predicted octanol–water partition coefficient (Wildman–Crippen LogP) is 0.0456. The third-order valence-corrected chi connectivity index (χ3v) is 2.84. The molecule has 1 aromatic rings. The zero-order valence-corrected chi connectivity index (χ0v) is 10.5. The summed E-state index contributed by atoms with van der Waals surface area (Å²) >= 11 is 0. The summed E-state index contributed by atoms with van der Waals surface area (Å²) in [5.41, 5.74) is 0.710. The van der Waals surface area contributed by atoms with Gasteiger partial charge in [-0.3, -0.25) is 4.79 Å². The third kappa shape index (κ3) is 4.96. The first-order valence-electron chi connectivity index (χ1n) is 5.04. The van der Waals surface area contributed by atoms with Crippen molar-refractivity contribution in [3.63, 3.8) is 0 Å². The number of nitrogens with one attached hydrogen (secondary N) is 1. The van der Waals surface area contributed by atoms with Crippen molar-refractivity contribution in [3.05, 3.63) is 35.4 Å². The van der Waals surface area contributed by atoms with Gasteiger partial charge in [0, 0.05) is 12.8 Å². The standard InChI is InChI=1S/C11H13NO5S/c1-18(16,17)7-10(13)12-6-8-3-2-4-9(5-8)11(14)15/h2-5H,6-7H2,1H3,(H,12,13)(H,14,15). The first kappa shape index (κ1) is 14.2. The summed E-state index contributed by atoms with van der Waals surface area (Å²) in [6, 6.07) is 6.06. The van der Waals surface area contributed by atoms with E-state index in [2.05, 4.69) is 5.32 Å². The maximum Gasteiger partial charge on any atom is 0.335 e. The number of carboxylic acids is 1. The molecule has 0 aliphatic carbocycles. The van der Waals surface area contributed by atoms with Gasteiger partial charge in [-0.1, -0.05) is 12.1 Å². The van der Waals surface area contributed by atoms with Crippen molar-refractivity contribution < 1.29 is 23.1 Å². The molecule has 2 N–H and O–H groups in total. The van der Waals surface area contributed by atoms with Crippen molar-refractivity contribution in [3.8, 4) is 0 Å². The summed E-state index contributed by atoms with van der Waals surface area (Å²) in [4.78, 5) is 22.0. The van der Waals surface area contributed by atoms with Gasteiger partial charge in [0.2, 0.25) is 5.91 Å². The van der Waals surface area contributed by atoms with Crippen molar-refractivity contribution in [2.75, 3.05) is 12.0 Å². The van der Waals surface area contributed by atoms with E-state index >= 15 is 0 Å². The monoisotopic (exact) mass is 271 g/mol. The minimum atomic E-state index is -3.36. The van der Waals surface area contributed by atoms with Gasteiger partial charge in [-0.05, 0) is 17.7 Å². The van der Waals surface area contributed by atoms with E-state index in [1.54, 1.807) is 12.1 Å². The van der Waals surface area contributed by atoms with Crippen LogP contribution in [0.4, 0.5) is 0 Å². The number of hydrogen-bond acceptors (Lipinski definition) is 4. The Morgan fingerprint density at radius 3 is 2.56 bits per heavy atom. The van der Waals surface area contributed by atoms with Gasteiger partial charge in [-0.25, -0.2) is 13.2 Å². The number of carboxylic acid groups (broad SMARTS) is 1. The van der Waals surface area contributed by atoms with Crippen molar-refractivity contribution in [2.45, 2.75) is 6.54 Å². The fourth-order valence-corrected chi connectivity index (χ4v) is 1.88. The molecule has 0 aliphatic heterocycles. The Hall–Kier alpha value is -1.89. The molecule has 7 heteroatoms. The molecule has 18 heavy (non-hydrogen) atoms. The summed E-state index contributed by atoms with van der Waals surface area (Å²) in [7, 11) is -3.36. The van der Waals surface area contributed by atoms with Crippen LogP contribution in [0.3, 0.4) is 0 Å². The topological polar surface area (TPSA) is 101 Å². The van der Waals surface area contributed by atoms with Crippen molar-refractivity contribution in [1.29, 1.82) is 0 Å². The van der Waals surface area contributed by atoms with E-state index in [4.69, 9.17) is 5.11 Å². The minimum Gasteiger partial charge on any atom is -0.478 e. The lowest BCUT2D eigenvalue weighted by Crippen LogP contribution is -2.29. The molecule has 1 rings (SSSR count). The molecule has 0 radical (unpaired) electrons. The zero-order valence-electron chi connectivity index (χ0n) is 9.71.